The van der Waals surface area contributed by atoms with E-state index in [0.29, 0.717) is 32.7 Å². The second-order valence-corrected chi connectivity index (χ2v) is 8.81. The van der Waals surface area contributed by atoms with Crippen molar-refractivity contribution in [1.82, 2.24) is 20.1 Å². The molecule has 4 aromatic rings. The Labute approximate surface area is 217 Å². The Morgan fingerprint density at radius 3 is 2.42 bits per heavy atom. The highest BCUT2D eigenvalue weighted by Crippen LogP contribution is 2.27. The number of nitrogens with one attached hydrogen (secondary N) is 2. The van der Waals surface area contributed by atoms with Gasteiger partial charge in [0.2, 0.25) is 0 Å². The van der Waals surface area contributed by atoms with Crippen LogP contribution in [0.5, 0.6) is 0 Å². The van der Waals surface area contributed by atoms with Crippen LogP contribution in [0.1, 0.15) is 42.5 Å². The maximum atomic E-state index is 13.3. The predicted molar refractivity (Wildman–Crippen MR) is 138 cm³/mol. The van der Waals surface area contributed by atoms with Gasteiger partial charge in [-0.1, -0.05) is 53.5 Å². The zero-order valence-corrected chi connectivity index (χ0v) is 20.9. The molecule has 0 saturated heterocycles. The van der Waals surface area contributed by atoms with Crippen molar-refractivity contribution in [3.05, 3.63) is 105 Å². The molecule has 0 unspecified atom stereocenters. The Bertz CT molecular complexity index is 1470. The van der Waals surface area contributed by atoms with Crippen LogP contribution in [0.25, 0.3) is 5.82 Å². The number of rotatable bonds is 7. The topological polar surface area (TPSA) is 106 Å². The molecule has 2 aromatic carbocycles. The van der Waals surface area contributed by atoms with E-state index in [1.165, 1.54) is 10.7 Å². The molecule has 0 spiro atoms. The van der Waals surface area contributed by atoms with Crippen LogP contribution in [0.2, 0.25) is 10.0 Å². The first-order valence-corrected chi connectivity index (χ1v) is 11.7. The lowest BCUT2D eigenvalue weighted by atomic mass is 10.1. The maximum Gasteiger partial charge on any atom is 0.274 e. The van der Waals surface area contributed by atoms with Crippen LogP contribution in [0.15, 0.2) is 66.9 Å². The molecule has 0 atom stereocenters. The van der Waals surface area contributed by atoms with E-state index in [4.69, 9.17) is 23.2 Å². The summed E-state index contributed by atoms with van der Waals surface area (Å²) in [6.07, 6.45) is 1.54. The standard InChI is InChI=1S/C26H21Cl2N5O3/c1-15-11-18(27)13-19(25(35)30-14-22(34)17-7-4-3-5-8-17)23(15)31-26(36)21-12-16(2)32-33(21)24-20(28)9-6-10-29-24/h3-13H,14H2,1-2H3,(H,30,35)(H,31,36). The third-order valence-electron chi connectivity index (χ3n) is 5.29. The lowest BCUT2D eigenvalue weighted by Gasteiger charge is -2.15. The van der Waals surface area contributed by atoms with Crippen LogP contribution in [-0.4, -0.2) is 38.9 Å². The molecule has 2 amide bonds. The zero-order valence-electron chi connectivity index (χ0n) is 19.4. The van der Waals surface area contributed by atoms with Gasteiger partial charge in [-0.3, -0.25) is 14.4 Å². The number of aromatic nitrogens is 3. The Morgan fingerprint density at radius 1 is 0.944 bits per heavy atom. The molecule has 10 heteroatoms. The second kappa shape index (κ2) is 10.7. The van der Waals surface area contributed by atoms with E-state index in [0.717, 1.165) is 0 Å². The Kier molecular flexibility index (Phi) is 7.47. The molecule has 36 heavy (non-hydrogen) atoms. The monoisotopic (exact) mass is 521 g/mol. The maximum absolute atomic E-state index is 13.3. The summed E-state index contributed by atoms with van der Waals surface area (Å²) in [5.41, 5.74) is 2.17. The molecular weight excluding hydrogens is 501 g/mol. The number of Topliss-reactive ketones (excluding diaryl/α,β-unsaturated/α-hetero) is 1. The average Bonchev–Trinajstić information content (AvgIpc) is 3.26. The molecular formula is C26H21Cl2N5O3. The van der Waals surface area contributed by atoms with Gasteiger partial charge < -0.3 is 10.6 Å². The van der Waals surface area contributed by atoms with E-state index < -0.39 is 11.8 Å². The van der Waals surface area contributed by atoms with E-state index in [1.54, 1.807) is 74.6 Å². The third-order valence-corrected chi connectivity index (χ3v) is 5.81. The number of carbonyl (C=O) groups is 3. The first-order chi connectivity index (χ1) is 17.2. The Balaban J connectivity index is 1.61. The quantitative estimate of drug-likeness (QED) is 0.330. The summed E-state index contributed by atoms with van der Waals surface area (Å²) in [5.74, 6) is -1.04. The Hall–Kier alpha value is -4.01. The first-order valence-electron chi connectivity index (χ1n) is 10.9. The Morgan fingerprint density at radius 2 is 1.69 bits per heavy atom. The van der Waals surface area contributed by atoms with Crippen molar-refractivity contribution in [1.29, 1.82) is 0 Å². The molecule has 0 aliphatic rings. The van der Waals surface area contributed by atoms with Gasteiger partial charge in [0.1, 0.15) is 5.69 Å². The fourth-order valence-corrected chi connectivity index (χ4v) is 4.08. The molecule has 4 rings (SSSR count). The van der Waals surface area contributed by atoms with Crippen LogP contribution < -0.4 is 10.6 Å². The number of aryl methyl sites for hydroxylation is 2. The summed E-state index contributed by atoms with van der Waals surface area (Å²) in [6.45, 7) is 3.23. The van der Waals surface area contributed by atoms with Gasteiger partial charge >= 0.3 is 0 Å². The lowest BCUT2D eigenvalue weighted by molar-refractivity contribution is 0.0904. The summed E-state index contributed by atoms with van der Waals surface area (Å²) in [6, 6.07) is 16.6. The molecule has 2 N–H and O–H groups in total. The van der Waals surface area contributed by atoms with Crippen molar-refractivity contribution in [2.24, 2.45) is 0 Å². The molecule has 0 aliphatic heterocycles. The number of hydrogen-bond donors (Lipinski definition) is 2. The molecule has 8 nitrogen and oxygen atoms in total. The summed E-state index contributed by atoms with van der Waals surface area (Å²) in [5, 5.41) is 10.4. The number of anilines is 1. The number of hydrogen-bond acceptors (Lipinski definition) is 5. The summed E-state index contributed by atoms with van der Waals surface area (Å²) >= 11 is 12.5. The minimum absolute atomic E-state index is 0.118. The van der Waals surface area contributed by atoms with Gasteiger partial charge in [0, 0.05) is 16.8 Å². The zero-order chi connectivity index (χ0) is 25.8. The molecule has 0 radical (unpaired) electrons. The fourth-order valence-electron chi connectivity index (χ4n) is 3.60. The van der Waals surface area contributed by atoms with Gasteiger partial charge in [0.25, 0.3) is 11.8 Å². The number of carbonyl (C=O) groups excluding carboxylic acids is 3. The van der Waals surface area contributed by atoms with Crippen molar-refractivity contribution in [2.45, 2.75) is 13.8 Å². The minimum atomic E-state index is -0.558. The van der Waals surface area contributed by atoms with E-state index in [9.17, 15) is 14.4 Å². The molecule has 2 heterocycles. The number of ketones is 1. The van der Waals surface area contributed by atoms with Crippen molar-refractivity contribution < 1.29 is 14.4 Å². The molecule has 0 bridgehead atoms. The number of pyridine rings is 1. The van der Waals surface area contributed by atoms with Crippen molar-refractivity contribution >= 4 is 46.5 Å². The van der Waals surface area contributed by atoms with E-state index in [1.807, 2.05) is 0 Å². The highest BCUT2D eigenvalue weighted by molar-refractivity contribution is 6.32. The van der Waals surface area contributed by atoms with Crippen molar-refractivity contribution in [3.8, 4) is 5.82 Å². The van der Waals surface area contributed by atoms with Crippen LogP contribution in [-0.2, 0) is 0 Å². The van der Waals surface area contributed by atoms with Crippen molar-refractivity contribution in [2.75, 3.05) is 11.9 Å². The van der Waals surface area contributed by atoms with Gasteiger partial charge in [-0.2, -0.15) is 5.10 Å². The highest BCUT2D eigenvalue weighted by Gasteiger charge is 2.22. The average molecular weight is 522 g/mol. The van der Waals surface area contributed by atoms with Gasteiger partial charge in [-0.25, -0.2) is 9.67 Å². The largest absolute Gasteiger partial charge is 0.345 e. The molecule has 0 fully saturated rings. The van der Waals surface area contributed by atoms with E-state index >= 15 is 0 Å². The number of halogens is 2. The second-order valence-electron chi connectivity index (χ2n) is 7.96. The van der Waals surface area contributed by atoms with E-state index in [2.05, 4.69) is 20.7 Å². The van der Waals surface area contributed by atoms with Crippen LogP contribution >= 0.6 is 23.2 Å². The van der Waals surface area contributed by atoms with E-state index in [-0.39, 0.29) is 29.3 Å². The SMILES string of the molecule is Cc1cc(C(=O)Nc2c(C)cc(Cl)cc2C(=O)NCC(=O)c2ccccc2)n(-c2ncccc2Cl)n1. The van der Waals surface area contributed by atoms with Gasteiger partial charge in [0.15, 0.2) is 11.6 Å². The number of amides is 2. The normalized spacial score (nSPS) is 10.7. The number of benzene rings is 2. The third kappa shape index (κ3) is 5.45. The highest BCUT2D eigenvalue weighted by atomic mass is 35.5. The summed E-state index contributed by atoms with van der Waals surface area (Å²) in [4.78, 5) is 43.0. The summed E-state index contributed by atoms with van der Waals surface area (Å²) in [7, 11) is 0. The fraction of sp³-hybridized carbons (Fsp3) is 0.115. The lowest BCUT2D eigenvalue weighted by Crippen LogP contribution is -2.31. The molecule has 0 saturated carbocycles. The smallest absolute Gasteiger partial charge is 0.274 e. The van der Waals surface area contributed by atoms with Gasteiger partial charge in [-0.15, -0.1) is 0 Å². The van der Waals surface area contributed by atoms with Crippen LogP contribution in [0.4, 0.5) is 5.69 Å². The molecule has 2 aromatic heterocycles. The van der Waals surface area contributed by atoms with Gasteiger partial charge in [-0.05, 0) is 49.7 Å². The minimum Gasteiger partial charge on any atom is -0.345 e. The first kappa shape index (κ1) is 25.1. The number of nitrogens with zero attached hydrogens (tertiary/aromatic N) is 3. The van der Waals surface area contributed by atoms with Crippen molar-refractivity contribution in [3.63, 3.8) is 0 Å². The summed E-state index contributed by atoms with van der Waals surface area (Å²) < 4.78 is 1.34. The molecule has 0 aliphatic carbocycles. The van der Waals surface area contributed by atoms with Crippen LogP contribution in [0.3, 0.4) is 0 Å². The predicted octanol–water partition coefficient (Wildman–Crippen LogP) is 5.06. The molecule has 182 valence electrons. The van der Waals surface area contributed by atoms with Gasteiger partial charge in [0.05, 0.1) is 28.5 Å². The van der Waals surface area contributed by atoms with Crippen LogP contribution in [0, 0.1) is 13.8 Å².